The first-order chi connectivity index (χ1) is 16.3. The van der Waals surface area contributed by atoms with Gasteiger partial charge in [-0.15, -0.1) is 0 Å². The van der Waals surface area contributed by atoms with Crippen LogP contribution in [-0.2, 0) is 6.42 Å². The van der Waals surface area contributed by atoms with Crippen LogP contribution in [0.5, 0.6) is 0 Å². The second-order valence-corrected chi connectivity index (χ2v) is 10.7. The van der Waals surface area contributed by atoms with Gasteiger partial charge in [0.05, 0.1) is 6.04 Å². The van der Waals surface area contributed by atoms with Crippen molar-refractivity contribution in [2.24, 2.45) is 5.92 Å². The Balaban J connectivity index is 1.38. The summed E-state index contributed by atoms with van der Waals surface area (Å²) in [5.41, 5.74) is 9.10. The quantitative estimate of drug-likeness (QED) is 0.397. The lowest BCUT2D eigenvalue weighted by Crippen LogP contribution is -2.38. The highest BCUT2D eigenvalue weighted by molar-refractivity contribution is 5.89. The fourth-order valence-corrected chi connectivity index (χ4v) is 7.42. The fraction of sp³-hybridized carbons (Fsp3) is 0.419. The SMILES string of the molecule is CC1CCC(n2c3c(c4ccccc42)CCC=C3)C=C1N1c2ccccc2C2CCCCC21. The molecule has 168 valence electrons. The van der Waals surface area contributed by atoms with E-state index < -0.39 is 0 Å². The van der Waals surface area contributed by atoms with Crippen molar-refractivity contribution >= 4 is 22.7 Å². The Morgan fingerprint density at radius 1 is 0.879 bits per heavy atom. The molecule has 0 amide bonds. The molecule has 0 radical (unpaired) electrons. The summed E-state index contributed by atoms with van der Waals surface area (Å²) in [6, 6.07) is 19.5. The summed E-state index contributed by atoms with van der Waals surface area (Å²) in [6.45, 7) is 2.46. The maximum Gasteiger partial charge on any atom is 0.0542 e. The van der Waals surface area contributed by atoms with Crippen molar-refractivity contribution in [3.8, 4) is 0 Å². The molecule has 33 heavy (non-hydrogen) atoms. The molecule has 0 spiro atoms. The number of nitrogens with zero attached hydrogens (tertiary/aromatic N) is 2. The average molecular weight is 435 g/mol. The summed E-state index contributed by atoms with van der Waals surface area (Å²) in [6.07, 6.45) is 17.7. The van der Waals surface area contributed by atoms with Crippen LogP contribution in [0.1, 0.15) is 80.7 Å². The van der Waals surface area contributed by atoms with Crippen LogP contribution in [0.2, 0.25) is 0 Å². The van der Waals surface area contributed by atoms with Crippen molar-refractivity contribution in [3.63, 3.8) is 0 Å². The Labute approximate surface area is 197 Å². The summed E-state index contributed by atoms with van der Waals surface area (Å²) in [7, 11) is 0. The summed E-state index contributed by atoms with van der Waals surface area (Å²) in [5.74, 6) is 1.33. The van der Waals surface area contributed by atoms with E-state index in [0.29, 0.717) is 23.9 Å². The largest absolute Gasteiger partial charge is 0.341 e. The normalized spacial score (nSPS) is 28.4. The minimum Gasteiger partial charge on any atom is -0.341 e. The number of benzene rings is 2. The van der Waals surface area contributed by atoms with E-state index >= 15 is 0 Å². The number of hydrogen-bond acceptors (Lipinski definition) is 1. The summed E-state index contributed by atoms with van der Waals surface area (Å²) in [5, 5.41) is 1.46. The molecule has 1 fully saturated rings. The number of rotatable bonds is 2. The molecule has 4 atom stereocenters. The van der Waals surface area contributed by atoms with Crippen LogP contribution in [0.15, 0.2) is 66.4 Å². The molecule has 4 unspecified atom stereocenters. The topological polar surface area (TPSA) is 8.17 Å². The van der Waals surface area contributed by atoms with E-state index in [2.05, 4.69) is 83.1 Å². The summed E-state index contributed by atoms with van der Waals surface area (Å²) >= 11 is 0. The van der Waals surface area contributed by atoms with Gasteiger partial charge in [-0.1, -0.05) is 62.2 Å². The van der Waals surface area contributed by atoms with Gasteiger partial charge in [0.15, 0.2) is 0 Å². The standard InChI is InChI=1S/C31H34N2/c1-21-18-19-22(32-27-14-6-2-10-23(27)24-11-3-7-15-28(24)32)20-31(21)33-29-16-8-4-12-25(29)26-13-5-9-17-30(26)33/h2,4,6-8,10,12,14-16,20-22,26,30H,3,5,9,11,13,17-19H2,1H3. The molecule has 4 aliphatic rings. The summed E-state index contributed by atoms with van der Waals surface area (Å²) in [4.78, 5) is 2.80. The highest BCUT2D eigenvalue weighted by Gasteiger charge is 2.42. The third-order valence-corrected chi connectivity index (χ3v) is 8.92. The first-order valence-corrected chi connectivity index (χ1v) is 13.2. The first-order valence-electron chi connectivity index (χ1n) is 13.2. The molecule has 2 aromatic carbocycles. The first kappa shape index (κ1) is 19.7. The minimum atomic E-state index is 0.433. The summed E-state index contributed by atoms with van der Waals surface area (Å²) < 4.78 is 2.67. The molecule has 1 saturated carbocycles. The van der Waals surface area contributed by atoms with Crippen LogP contribution in [0.25, 0.3) is 17.0 Å². The monoisotopic (exact) mass is 434 g/mol. The third kappa shape index (κ3) is 2.92. The number of aryl methyl sites for hydroxylation is 1. The molecule has 3 aromatic rings. The van der Waals surface area contributed by atoms with E-state index in [1.807, 2.05) is 0 Å². The van der Waals surface area contributed by atoms with Crippen LogP contribution in [0.3, 0.4) is 0 Å². The molecule has 2 heterocycles. The van der Waals surface area contributed by atoms with Crippen LogP contribution in [0, 0.1) is 5.92 Å². The number of aromatic nitrogens is 1. The van der Waals surface area contributed by atoms with Gasteiger partial charge in [-0.3, -0.25) is 0 Å². The van der Waals surface area contributed by atoms with Gasteiger partial charge in [0, 0.05) is 39.9 Å². The molecule has 1 aromatic heterocycles. The highest BCUT2D eigenvalue weighted by atomic mass is 15.2. The fourth-order valence-electron chi connectivity index (χ4n) is 7.42. The van der Waals surface area contributed by atoms with E-state index in [9.17, 15) is 0 Å². The second-order valence-electron chi connectivity index (χ2n) is 10.7. The molecule has 0 bridgehead atoms. The lowest BCUT2D eigenvalue weighted by Gasteiger charge is -2.40. The maximum absolute atomic E-state index is 2.80. The Bertz CT molecular complexity index is 1280. The van der Waals surface area contributed by atoms with E-state index in [-0.39, 0.29) is 0 Å². The number of allylic oxidation sites excluding steroid dienone is 3. The van der Waals surface area contributed by atoms with E-state index in [0.717, 1.165) is 6.42 Å². The van der Waals surface area contributed by atoms with Gasteiger partial charge in [-0.05, 0) is 79.9 Å². The Kier molecular flexibility index (Phi) is 4.57. The van der Waals surface area contributed by atoms with Gasteiger partial charge in [0.2, 0.25) is 0 Å². The van der Waals surface area contributed by atoms with E-state index in [1.54, 1.807) is 16.8 Å². The van der Waals surface area contributed by atoms with Crippen LogP contribution >= 0.6 is 0 Å². The zero-order valence-electron chi connectivity index (χ0n) is 19.7. The van der Waals surface area contributed by atoms with Gasteiger partial charge < -0.3 is 9.47 Å². The van der Waals surface area contributed by atoms with Crippen molar-refractivity contribution in [1.82, 2.24) is 4.57 Å². The lowest BCUT2D eigenvalue weighted by molar-refractivity contribution is 0.375. The Morgan fingerprint density at radius 2 is 1.73 bits per heavy atom. The predicted octanol–water partition coefficient (Wildman–Crippen LogP) is 8.00. The number of fused-ring (bicyclic) bond motifs is 6. The molecule has 0 saturated heterocycles. The van der Waals surface area contributed by atoms with Gasteiger partial charge in [0.1, 0.15) is 0 Å². The smallest absolute Gasteiger partial charge is 0.0542 e. The molecule has 2 nitrogen and oxygen atoms in total. The Morgan fingerprint density at radius 3 is 2.70 bits per heavy atom. The number of para-hydroxylation sites is 2. The van der Waals surface area contributed by atoms with Crippen LogP contribution in [-0.4, -0.2) is 10.6 Å². The number of hydrogen-bond donors (Lipinski definition) is 0. The molecular weight excluding hydrogens is 400 g/mol. The van der Waals surface area contributed by atoms with E-state index in [1.165, 1.54) is 67.2 Å². The molecule has 3 aliphatic carbocycles. The van der Waals surface area contributed by atoms with Crippen molar-refractivity contribution in [2.75, 3.05) is 4.90 Å². The average Bonchev–Trinajstić information content (AvgIpc) is 3.38. The van der Waals surface area contributed by atoms with Crippen molar-refractivity contribution in [2.45, 2.75) is 76.3 Å². The maximum atomic E-state index is 2.80. The lowest BCUT2D eigenvalue weighted by atomic mass is 9.81. The molecule has 0 N–H and O–H groups in total. The zero-order chi connectivity index (χ0) is 21.9. The van der Waals surface area contributed by atoms with E-state index in [4.69, 9.17) is 0 Å². The number of anilines is 1. The predicted molar refractivity (Wildman–Crippen MR) is 139 cm³/mol. The van der Waals surface area contributed by atoms with Crippen LogP contribution < -0.4 is 4.90 Å². The molecule has 2 heteroatoms. The van der Waals surface area contributed by atoms with Crippen molar-refractivity contribution in [1.29, 1.82) is 0 Å². The zero-order valence-corrected chi connectivity index (χ0v) is 19.7. The minimum absolute atomic E-state index is 0.433. The second kappa shape index (κ2) is 7.65. The Hall–Kier alpha value is -2.74. The highest BCUT2D eigenvalue weighted by Crippen LogP contribution is 2.51. The molecular formula is C31H34N2. The third-order valence-electron chi connectivity index (χ3n) is 8.92. The molecule has 7 rings (SSSR count). The van der Waals surface area contributed by atoms with Crippen molar-refractivity contribution < 1.29 is 0 Å². The van der Waals surface area contributed by atoms with Gasteiger partial charge in [-0.25, -0.2) is 0 Å². The van der Waals surface area contributed by atoms with Gasteiger partial charge >= 0.3 is 0 Å². The van der Waals surface area contributed by atoms with Gasteiger partial charge in [-0.2, -0.15) is 0 Å². The van der Waals surface area contributed by atoms with Gasteiger partial charge in [0.25, 0.3) is 0 Å². The van der Waals surface area contributed by atoms with Crippen LogP contribution in [0.4, 0.5) is 5.69 Å². The molecule has 1 aliphatic heterocycles. The van der Waals surface area contributed by atoms with Crippen molar-refractivity contribution in [3.05, 3.63) is 83.2 Å².